The van der Waals surface area contributed by atoms with Gasteiger partial charge in [-0.15, -0.1) is 0 Å². The number of benzene rings is 8. The lowest BCUT2D eigenvalue weighted by Crippen LogP contribution is -2.43. The molecule has 2 nitrogen and oxygen atoms in total. The topological polar surface area (TPSA) is 6.48 Å². The highest BCUT2D eigenvalue weighted by atomic mass is 15.2. The fourth-order valence-corrected chi connectivity index (χ4v) is 10.3. The maximum Gasteiger partial charge on any atom is 0.0545 e. The highest BCUT2D eigenvalue weighted by Gasteiger charge is 2.52. The van der Waals surface area contributed by atoms with Gasteiger partial charge < -0.3 is 9.80 Å². The van der Waals surface area contributed by atoms with Gasteiger partial charge in [-0.25, -0.2) is 0 Å². The van der Waals surface area contributed by atoms with Crippen LogP contribution >= 0.6 is 0 Å². The Labute approximate surface area is 324 Å². The lowest BCUT2D eigenvalue weighted by atomic mass is 9.60. The molecule has 0 radical (unpaired) electrons. The average Bonchev–Trinajstić information content (AvgIpc) is 3.20. The van der Waals surface area contributed by atoms with Crippen LogP contribution in [0.25, 0.3) is 32.7 Å². The van der Waals surface area contributed by atoms with Gasteiger partial charge in [0.15, 0.2) is 0 Å². The van der Waals surface area contributed by atoms with Gasteiger partial charge >= 0.3 is 0 Å². The van der Waals surface area contributed by atoms with E-state index in [1.165, 1.54) is 94.5 Å². The Hall–Kier alpha value is -6.12. The molecule has 8 aromatic rings. The van der Waals surface area contributed by atoms with Crippen molar-refractivity contribution in [3.05, 3.63) is 191 Å². The minimum absolute atomic E-state index is 0.196. The van der Waals surface area contributed by atoms with Crippen LogP contribution in [0, 0.1) is 0 Å². The van der Waals surface area contributed by atoms with E-state index in [9.17, 15) is 0 Å². The van der Waals surface area contributed by atoms with Crippen LogP contribution in [0.5, 0.6) is 0 Å². The molecule has 55 heavy (non-hydrogen) atoms. The Morgan fingerprint density at radius 1 is 0.364 bits per heavy atom. The van der Waals surface area contributed by atoms with Gasteiger partial charge in [-0.1, -0.05) is 151 Å². The fraction of sp³-hybridized carbons (Fsp3) is 0.170. The number of nitrogens with zero attached hydrogens (tertiary/aromatic N) is 2. The van der Waals surface area contributed by atoms with Crippen molar-refractivity contribution in [2.24, 2.45) is 0 Å². The molecule has 0 saturated heterocycles. The number of para-hydroxylation sites is 2. The van der Waals surface area contributed by atoms with Crippen molar-refractivity contribution in [2.45, 2.75) is 57.8 Å². The van der Waals surface area contributed by atoms with Crippen molar-refractivity contribution >= 4 is 55.7 Å². The van der Waals surface area contributed by atoms with Gasteiger partial charge in [0.05, 0.1) is 22.7 Å². The number of rotatable bonds is 4. The van der Waals surface area contributed by atoms with E-state index in [2.05, 4.69) is 209 Å². The molecule has 266 valence electrons. The molecule has 0 fully saturated rings. The van der Waals surface area contributed by atoms with Crippen molar-refractivity contribution < 1.29 is 0 Å². The predicted molar refractivity (Wildman–Crippen MR) is 233 cm³/mol. The molecular weight excluding hydrogens is 665 g/mol. The molecule has 0 atom stereocenters. The number of fused-ring (bicyclic) bond motifs is 2. The highest BCUT2D eigenvalue weighted by molar-refractivity contribution is 6.03. The normalized spacial score (nSPS) is 16.2. The van der Waals surface area contributed by atoms with Crippen LogP contribution in [0.2, 0.25) is 0 Å². The van der Waals surface area contributed by atoms with Gasteiger partial charge in [-0.3, -0.25) is 0 Å². The minimum Gasteiger partial charge on any atom is -0.310 e. The van der Waals surface area contributed by atoms with E-state index in [-0.39, 0.29) is 16.2 Å². The fourth-order valence-electron chi connectivity index (χ4n) is 10.3. The van der Waals surface area contributed by atoms with Crippen molar-refractivity contribution in [3.63, 3.8) is 0 Å². The third kappa shape index (κ3) is 4.31. The first-order chi connectivity index (χ1) is 26.5. The summed E-state index contributed by atoms with van der Waals surface area (Å²) in [5.41, 5.74) is 17.7. The lowest BCUT2D eigenvalue weighted by Gasteiger charge is -2.55. The first-order valence-electron chi connectivity index (χ1n) is 19.7. The van der Waals surface area contributed by atoms with E-state index in [0.717, 1.165) is 5.69 Å². The molecule has 0 N–H and O–H groups in total. The largest absolute Gasteiger partial charge is 0.310 e. The molecule has 0 amide bonds. The molecule has 0 aliphatic carbocycles. The molecule has 3 aliphatic rings. The van der Waals surface area contributed by atoms with Gasteiger partial charge in [-0.05, 0) is 109 Å². The second-order valence-electron chi connectivity index (χ2n) is 17.5. The molecule has 3 heterocycles. The summed E-state index contributed by atoms with van der Waals surface area (Å²) in [4.78, 5) is 5.17. The third-order valence-corrected chi connectivity index (χ3v) is 13.3. The minimum atomic E-state index is -0.301. The zero-order chi connectivity index (χ0) is 37.4. The molecule has 0 aromatic heterocycles. The first kappa shape index (κ1) is 32.3. The van der Waals surface area contributed by atoms with Crippen molar-refractivity contribution in [2.75, 3.05) is 9.80 Å². The maximum atomic E-state index is 2.68. The zero-order valence-electron chi connectivity index (χ0n) is 32.4. The smallest absolute Gasteiger partial charge is 0.0545 e. The Morgan fingerprint density at radius 2 is 0.873 bits per heavy atom. The first-order valence-corrected chi connectivity index (χ1v) is 19.7. The van der Waals surface area contributed by atoms with Crippen LogP contribution in [0.1, 0.15) is 74.9 Å². The number of hydrogen-bond donors (Lipinski definition) is 0. The van der Waals surface area contributed by atoms with Gasteiger partial charge in [0, 0.05) is 33.0 Å². The summed E-state index contributed by atoms with van der Waals surface area (Å²) in [7, 11) is 0. The zero-order valence-corrected chi connectivity index (χ0v) is 32.4. The molecule has 11 rings (SSSR count). The molecule has 0 bridgehead atoms. The quantitative estimate of drug-likeness (QED) is 0.180. The van der Waals surface area contributed by atoms with E-state index in [1.54, 1.807) is 0 Å². The van der Waals surface area contributed by atoms with E-state index >= 15 is 0 Å². The summed E-state index contributed by atoms with van der Waals surface area (Å²) >= 11 is 0. The molecule has 2 heteroatoms. The molecular formula is C53H44N2. The Balaban J connectivity index is 1.24. The van der Waals surface area contributed by atoms with E-state index in [1.807, 2.05) is 0 Å². The Morgan fingerprint density at radius 3 is 1.55 bits per heavy atom. The van der Waals surface area contributed by atoms with Gasteiger partial charge in [0.25, 0.3) is 0 Å². The summed E-state index contributed by atoms with van der Waals surface area (Å²) in [6.45, 7) is 14.7. The summed E-state index contributed by atoms with van der Waals surface area (Å²) in [5.74, 6) is 0. The van der Waals surface area contributed by atoms with Crippen LogP contribution in [-0.4, -0.2) is 0 Å². The molecule has 0 spiro atoms. The van der Waals surface area contributed by atoms with Crippen LogP contribution < -0.4 is 9.80 Å². The Bertz CT molecular complexity index is 2910. The van der Waals surface area contributed by atoms with E-state index in [4.69, 9.17) is 0 Å². The highest BCUT2D eigenvalue weighted by Crippen LogP contribution is 2.67. The lowest BCUT2D eigenvalue weighted by molar-refractivity contribution is 0.567. The second kappa shape index (κ2) is 11.0. The number of hydrogen-bond acceptors (Lipinski definition) is 2. The molecule has 0 unspecified atom stereocenters. The molecule has 3 aliphatic heterocycles. The van der Waals surface area contributed by atoms with Crippen LogP contribution in [0.3, 0.4) is 0 Å². The van der Waals surface area contributed by atoms with Crippen molar-refractivity contribution in [1.82, 2.24) is 0 Å². The van der Waals surface area contributed by atoms with E-state index in [0.29, 0.717) is 0 Å². The van der Waals surface area contributed by atoms with E-state index < -0.39 is 0 Å². The monoisotopic (exact) mass is 708 g/mol. The summed E-state index contributed by atoms with van der Waals surface area (Å²) in [6.07, 6.45) is 0. The standard InChI is InChI=1S/C53H44N2/c1-51(2)41-23-15-24-42-48(41)55-49-43(51)29-37(36-27-26-33-16-10-11-18-35(33)28-36)30-44(49)53(5,6)46-32-39(31-45(50(46)55)52(42,3)4)54(38-20-8-7-9-21-38)47-25-14-19-34-17-12-13-22-40(34)47/h7-32H,1-6H3. The maximum absolute atomic E-state index is 2.68. The number of anilines is 6. The predicted octanol–water partition coefficient (Wildman–Crippen LogP) is 14.5. The molecule has 8 aromatic carbocycles. The Kier molecular flexibility index (Phi) is 6.45. The molecule has 0 saturated carbocycles. The van der Waals surface area contributed by atoms with Gasteiger partial charge in [0.2, 0.25) is 0 Å². The van der Waals surface area contributed by atoms with Crippen molar-refractivity contribution in [1.29, 1.82) is 0 Å². The van der Waals surface area contributed by atoms with Crippen LogP contribution in [-0.2, 0) is 16.2 Å². The summed E-state index contributed by atoms with van der Waals surface area (Å²) in [6, 6.07) is 59.2. The summed E-state index contributed by atoms with van der Waals surface area (Å²) < 4.78 is 0. The third-order valence-electron chi connectivity index (χ3n) is 13.3. The van der Waals surface area contributed by atoms with Gasteiger partial charge in [-0.2, -0.15) is 0 Å². The average molecular weight is 709 g/mol. The van der Waals surface area contributed by atoms with Gasteiger partial charge in [0.1, 0.15) is 0 Å². The van der Waals surface area contributed by atoms with Crippen molar-refractivity contribution in [3.8, 4) is 11.1 Å². The SMILES string of the molecule is CC1(C)c2cccc3c2N2c4c1cc(-c1ccc5ccccc5c1)cc4C(C)(C)c1cc(N(c4ccccc4)c4cccc5ccccc45)cc(c12)C3(C)C. The summed E-state index contributed by atoms with van der Waals surface area (Å²) in [5, 5.41) is 5.02. The van der Waals surface area contributed by atoms with Crippen LogP contribution in [0.4, 0.5) is 34.1 Å². The second-order valence-corrected chi connectivity index (χ2v) is 17.5. The van der Waals surface area contributed by atoms with Crippen LogP contribution in [0.15, 0.2) is 158 Å².